The molecule has 3 atom stereocenters. The lowest BCUT2D eigenvalue weighted by molar-refractivity contribution is -0.113. The third-order valence-corrected chi connectivity index (χ3v) is 6.35. The van der Waals surface area contributed by atoms with Gasteiger partial charge in [0.25, 0.3) is 0 Å². The number of nitrogens with one attached hydrogen (secondary N) is 1. The molecule has 23 heavy (non-hydrogen) atoms. The van der Waals surface area contributed by atoms with Gasteiger partial charge in [-0.25, -0.2) is 0 Å². The van der Waals surface area contributed by atoms with Gasteiger partial charge in [-0.15, -0.1) is 0 Å². The van der Waals surface area contributed by atoms with E-state index in [1.54, 1.807) is 0 Å². The second-order valence-corrected chi connectivity index (χ2v) is 8.21. The van der Waals surface area contributed by atoms with Crippen LogP contribution in [0.1, 0.15) is 81.9 Å². The van der Waals surface area contributed by atoms with Crippen LogP contribution in [0.4, 0.5) is 5.69 Å². The van der Waals surface area contributed by atoms with Crippen LogP contribution < -0.4 is 5.32 Å². The molecule has 3 aliphatic rings. The quantitative estimate of drug-likeness (QED) is 0.761. The highest BCUT2D eigenvalue weighted by Crippen LogP contribution is 2.46. The second kappa shape index (κ2) is 6.47. The van der Waals surface area contributed by atoms with Crippen molar-refractivity contribution in [2.24, 2.45) is 11.8 Å². The molecule has 2 nitrogen and oxygen atoms in total. The monoisotopic (exact) mass is 313 g/mol. The zero-order valence-corrected chi connectivity index (χ0v) is 14.7. The maximum absolute atomic E-state index is 6.75. The Morgan fingerprint density at radius 1 is 1.00 bits per heavy atom. The van der Waals surface area contributed by atoms with Crippen LogP contribution in [0.15, 0.2) is 18.2 Å². The van der Waals surface area contributed by atoms with E-state index in [0.717, 1.165) is 12.5 Å². The highest BCUT2D eigenvalue weighted by molar-refractivity contribution is 5.56. The Morgan fingerprint density at radius 3 is 2.61 bits per heavy atom. The molecule has 126 valence electrons. The van der Waals surface area contributed by atoms with Crippen LogP contribution in [0.2, 0.25) is 0 Å². The van der Waals surface area contributed by atoms with Gasteiger partial charge >= 0.3 is 0 Å². The van der Waals surface area contributed by atoms with Crippen LogP contribution >= 0.6 is 0 Å². The summed E-state index contributed by atoms with van der Waals surface area (Å²) < 4.78 is 6.75. The molecular formula is C21H31NO. The van der Waals surface area contributed by atoms with Gasteiger partial charge in [0.05, 0.1) is 12.2 Å². The van der Waals surface area contributed by atoms with Crippen molar-refractivity contribution in [3.63, 3.8) is 0 Å². The van der Waals surface area contributed by atoms with E-state index < -0.39 is 0 Å². The van der Waals surface area contributed by atoms with Crippen LogP contribution in [0.5, 0.6) is 0 Å². The number of benzene rings is 1. The second-order valence-electron chi connectivity index (χ2n) is 8.21. The smallest absolute Gasteiger partial charge is 0.0893 e. The lowest BCUT2D eigenvalue weighted by Gasteiger charge is -2.44. The minimum atomic E-state index is 0.325. The van der Waals surface area contributed by atoms with E-state index in [-0.39, 0.29) is 0 Å². The van der Waals surface area contributed by atoms with Crippen molar-refractivity contribution in [3.05, 3.63) is 29.3 Å². The van der Waals surface area contributed by atoms with Crippen LogP contribution in [0.3, 0.4) is 0 Å². The van der Waals surface area contributed by atoms with Crippen molar-refractivity contribution in [1.82, 2.24) is 0 Å². The minimum absolute atomic E-state index is 0.325. The van der Waals surface area contributed by atoms with E-state index in [9.17, 15) is 0 Å². The van der Waals surface area contributed by atoms with Gasteiger partial charge in [-0.05, 0) is 49.1 Å². The van der Waals surface area contributed by atoms with Gasteiger partial charge in [-0.2, -0.15) is 0 Å². The standard InChI is InChI=1S/C21H31NO/c1-14(2)16-8-10-19-18(12-16)21-17(13-22-19)9-11-20(23-21)15-6-4-3-5-7-15/h8,10,12,14-15,17,20-22H,3-7,9,11,13H2,1-2H3. The topological polar surface area (TPSA) is 21.3 Å². The van der Waals surface area contributed by atoms with Gasteiger partial charge in [0.1, 0.15) is 0 Å². The SMILES string of the molecule is CC(C)c1ccc2c(c1)C1OC(C3CCCCC3)CCC1CN2. The Kier molecular flexibility index (Phi) is 4.36. The Balaban J connectivity index is 1.58. The molecule has 1 aliphatic carbocycles. The molecule has 0 aromatic heterocycles. The van der Waals surface area contributed by atoms with Crippen molar-refractivity contribution in [1.29, 1.82) is 0 Å². The predicted molar refractivity (Wildman–Crippen MR) is 95.9 cm³/mol. The van der Waals surface area contributed by atoms with Gasteiger partial charge in [0.15, 0.2) is 0 Å². The molecule has 1 aromatic rings. The van der Waals surface area contributed by atoms with Crippen molar-refractivity contribution in [2.45, 2.75) is 76.9 Å². The summed E-state index contributed by atoms with van der Waals surface area (Å²) in [7, 11) is 0. The van der Waals surface area contributed by atoms with E-state index in [2.05, 4.69) is 37.4 Å². The van der Waals surface area contributed by atoms with Crippen molar-refractivity contribution < 1.29 is 4.74 Å². The molecule has 2 fully saturated rings. The van der Waals surface area contributed by atoms with Crippen LogP contribution in [-0.4, -0.2) is 12.6 Å². The summed E-state index contributed by atoms with van der Waals surface area (Å²) in [4.78, 5) is 0. The predicted octanol–water partition coefficient (Wildman–Crippen LogP) is 5.65. The fourth-order valence-electron chi connectivity index (χ4n) is 4.86. The van der Waals surface area contributed by atoms with E-state index in [0.29, 0.717) is 24.0 Å². The first-order valence-corrected chi connectivity index (χ1v) is 9.75. The minimum Gasteiger partial charge on any atom is -0.384 e. The molecule has 0 amide bonds. The van der Waals surface area contributed by atoms with Gasteiger partial charge in [-0.1, -0.05) is 45.2 Å². The van der Waals surface area contributed by atoms with Crippen molar-refractivity contribution >= 4 is 5.69 Å². The van der Waals surface area contributed by atoms with E-state index in [4.69, 9.17) is 4.74 Å². The summed E-state index contributed by atoms with van der Waals surface area (Å²) >= 11 is 0. The summed E-state index contributed by atoms with van der Waals surface area (Å²) in [6.07, 6.45) is 10.5. The normalized spacial score (nSPS) is 31.3. The molecule has 1 saturated heterocycles. The largest absolute Gasteiger partial charge is 0.384 e. The molecule has 2 heteroatoms. The van der Waals surface area contributed by atoms with Gasteiger partial charge in [-0.3, -0.25) is 0 Å². The highest BCUT2D eigenvalue weighted by Gasteiger charge is 2.39. The highest BCUT2D eigenvalue weighted by atomic mass is 16.5. The molecule has 4 rings (SSSR count). The summed E-state index contributed by atoms with van der Waals surface area (Å²) in [5, 5.41) is 3.64. The van der Waals surface area contributed by atoms with E-state index >= 15 is 0 Å². The molecule has 2 heterocycles. The first kappa shape index (κ1) is 15.5. The Hall–Kier alpha value is -1.02. The first-order valence-electron chi connectivity index (χ1n) is 9.75. The summed E-state index contributed by atoms with van der Waals surface area (Å²) in [6, 6.07) is 6.96. The first-order chi connectivity index (χ1) is 11.2. The molecule has 1 aromatic carbocycles. The van der Waals surface area contributed by atoms with Crippen molar-refractivity contribution in [2.75, 3.05) is 11.9 Å². The molecule has 1 saturated carbocycles. The maximum atomic E-state index is 6.75. The van der Waals surface area contributed by atoms with E-state index in [1.807, 2.05) is 0 Å². The van der Waals surface area contributed by atoms with Gasteiger partial charge in [0.2, 0.25) is 0 Å². The van der Waals surface area contributed by atoms with Crippen LogP contribution in [-0.2, 0) is 4.74 Å². The number of anilines is 1. The lowest BCUT2D eigenvalue weighted by atomic mass is 9.77. The van der Waals surface area contributed by atoms with Gasteiger partial charge < -0.3 is 10.1 Å². The number of rotatable bonds is 2. The molecule has 2 aliphatic heterocycles. The maximum Gasteiger partial charge on any atom is 0.0893 e. The lowest BCUT2D eigenvalue weighted by Crippen LogP contribution is -2.40. The summed E-state index contributed by atoms with van der Waals surface area (Å²) in [5.41, 5.74) is 4.17. The Bertz CT molecular complexity index is 547. The van der Waals surface area contributed by atoms with Crippen LogP contribution in [0, 0.1) is 11.8 Å². The Labute approximate surface area is 141 Å². The number of hydrogen-bond donors (Lipinski definition) is 1. The zero-order chi connectivity index (χ0) is 15.8. The van der Waals surface area contributed by atoms with E-state index in [1.165, 1.54) is 61.8 Å². The molecule has 0 radical (unpaired) electrons. The number of hydrogen-bond acceptors (Lipinski definition) is 2. The third-order valence-electron chi connectivity index (χ3n) is 6.35. The number of fused-ring (bicyclic) bond motifs is 3. The average Bonchev–Trinajstić information content (AvgIpc) is 2.61. The van der Waals surface area contributed by atoms with Crippen LogP contribution in [0.25, 0.3) is 0 Å². The zero-order valence-electron chi connectivity index (χ0n) is 14.7. The fraction of sp³-hybridized carbons (Fsp3) is 0.714. The number of ether oxygens (including phenoxy) is 1. The molecule has 0 bridgehead atoms. The van der Waals surface area contributed by atoms with Crippen molar-refractivity contribution in [3.8, 4) is 0 Å². The third kappa shape index (κ3) is 3.03. The molecular weight excluding hydrogens is 282 g/mol. The molecule has 1 N–H and O–H groups in total. The Morgan fingerprint density at radius 2 is 1.83 bits per heavy atom. The summed E-state index contributed by atoms with van der Waals surface area (Å²) in [5.74, 6) is 2.06. The average molecular weight is 313 g/mol. The summed E-state index contributed by atoms with van der Waals surface area (Å²) in [6.45, 7) is 5.64. The van der Waals surface area contributed by atoms with Gasteiger partial charge in [0, 0.05) is 23.7 Å². The molecule has 3 unspecified atom stereocenters. The molecule has 0 spiro atoms. The fourth-order valence-corrected chi connectivity index (χ4v) is 4.86.